The summed E-state index contributed by atoms with van der Waals surface area (Å²) in [5, 5.41) is 0.525. The van der Waals surface area contributed by atoms with Gasteiger partial charge in [-0.15, -0.1) is 0 Å². The summed E-state index contributed by atoms with van der Waals surface area (Å²) in [5.41, 5.74) is 2.45. The zero-order valence-electron chi connectivity index (χ0n) is 11.2. The molecule has 0 amide bonds. The van der Waals surface area contributed by atoms with Crippen LogP contribution in [0.4, 0.5) is 18.9 Å². The minimum atomic E-state index is -4.56. The Morgan fingerprint density at radius 1 is 1.25 bits per heavy atom. The number of aromatic nitrogens is 1. The SMILES string of the molecule is COc1ccc(C)c2c(NN)c(C)c(C(F)(F)F)nc12. The summed E-state index contributed by atoms with van der Waals surface area (Å²) in [5.74, 6) is 5.67. The van der Waals surface area contributed by atoms with Crippen molar-refractivity contribution in [3.63, 3.8) is 0 Å². The van der Waals surface area contributed by atoms with Crippen molar-refractivity contribution in [3.05, 3.63) is 29.0 Å². The fourth-order valence-electron chi connectivity index (χ4n) is 2.22. The molecular weight excluding hydrogens is 271 g/mol. The molecule has 1 heterocycles. The largest absolute Gasteiger partial charge is 0.494 e. The number of methoxy groups -OCH3 is 1. The second kappa shape index (κ2) is 4.82. The van der Waals surface area contributed by atoms with Crippen LogP contribution in [0.15, 0.2) is 12.1 Å². The van der Waals surface area contributed by atoms with Crippen molar-refractivity contribution < 1.29 is 17.9 Å². The Kier molecular flexibility index (Phi) is 3.47. The molecule has 108 valence electrons. The molecule has 0 fully saturated rings. The van der Waals surface area contributed by atoms with Gasteiger partial charge in [0, 0.05) is 10.9 Å². The van der Waals surface area contributed by atoms with Crippen LogP contribution in [-0.4, -0.2) is 12.1 Å². The maximum Gasteiger partial charge on any atom is 0.433 e. The number of nitrogens with two attached hydrogens (primary N) is 1. The van der Waals surface area contributed by atoms with Crippen LogP contribution in [0.1, 0.15) is 16.8 Å². The molecule has 2 aromatic rings. The first-order valence-electron chi connectivity index (χ1n) is 5.83. The van der Waals surface area contributed by atoms with E-state index >= 15 is 0 Å². The fourth-order valence-corrected chi connectivity index (χ4v) is 2.22. The van der Waals surface area contributed by atoms with Crippen molar-refractivity contribution >= 4 is 16.6 Å². The molecular formula is C13H14F3N3O. The van der Waals surface area contributed by atoms with Gasteiger partial charge in [-0.05, 0) is 25.5 Å². The highest BCUT2D eigenvalue weighted by Gasteiger charge is 2.36. The number of benzene rings is 1. The van der Waals surface area contributed by atoms with E-state index in [0.717, 1.165) is 5.56 Å². The Morgan fingerprint density at radius 3 is 2.40 bits per heavy atom. The Hall–Kier alpha value is -2.02. The number of hydrogen-bond donors (Lipinski definition) is 2. The number of rotatable bonds is 2. The minimum Gasteiger partial charge on any atom is -0.494 e. The molecule has 0 spiro atoms. The van der Waals surface area contributed by atoms with Gasteiger partial charge < -0.3 is 10.2 Å². The molecule has 0 aliphatic heterocycles. The summed E-state index contributed by atoms with van der Waals surface area (Å²) in [4.78, 5) is 3.74. The topological polar surface area (TPSA) is 60.2 Å². The molecule has 0 atom stereocenters. The summed E-state index contributed by atoms with van der Waals surface area (Å²) in [6.45, 7) is 3.11. The van der Waals surface area contributed by atoms with Crippen LogP contribution < -0.4 is 16.0 Å². The van der Waals surface area contributed by atoms with E-state index in [2.05, 4.69) is 10.4 Å². The summed E-state index contributed by atoms with van der Waals surface area (Å²) in [6, 6.07) is 3.33. The van der Waals surface area contributed by atoms with Crippen LogP contribution in [0.2, 0.25) is 0 Å². The summed E-state index contributed by atoms with van der Waals surface area (Å²) < 4.78 is 44.3. The van der Waals surface area contributed by atoms with E-state index in [-0.39, 0.29) is 22.5 Å². The zero-order valence-corrected chi connectivity index (χ0v) is 11.2. The molecule has 20 heavy (non-hydrogen) atoms. The van der Waals surface area contributed by atoms with Crippen LogP contribution in [0.5, 0.6) is 5.75 Å². The van der Waals surface area contributed by atoms with Crippen LogP contribution in [-0.2, 0) is 6.18 Å². The monoisotopic (exact) mass is 285 g/mol. The van der Waals surface area contributed by atoms with E-state index in [9.17, 15) is 13.2 Å². The van der Waals surface area contributed by atoms with Gasteiger partial charge in [0.1, 0.15) is 17.0 Å². The van der Waals surface area contributed by atoms with Crippen molar-refractivity contribution in [3.8, 4) is 5.75 Å². The molecule has 0 saturated heterocycles. The van der Waals surface area contributed by atoms with Gasteiger partial charge in [0.05, 0.1) is 12.8 Å². The molecule has 1 aromatic heterocycles. The normalized spacial score (nSPS) is 11.8. The third-order valence-electron chi connectivity index (χ3n) is 3.19. The van der Waals surface area contributed by atoms with E-state index in [1.165, 1.54) is 14.0 Å². The van der Waals surface area contributed by atoms with Gasteiger partial charge in [-0.25, -0.2) is 4.98 Å². The smallest absolute Gasteiger partial charge is 0.433 e. The second-order valence-corrected chi connectivity index (χ2v) is 4.41. The lowest BCUT2D eigenvalue weighted by Gasteiger charge is -2.18. The van der Waals surface area contributed by atoms with E-state index in [1.54, 1.807) is 19.1 Å². The highest BCUT2D eigenvalue weighted by molar-refractivity contribution is 5.99. The number of alkyl halides is 3. The first kappa shape index (κ1) is 14.4. The third-order valence-corrected chi connectivity index (χ3v) is 3.19. The number of hydrazine groups is 1. The van der Waals surface area contributed by atoms with E-state index < -0.39 is 11.9 Å². The van der Waals surface area contributed by atoms with Crippen molar-refractivity contribution in [2.75, 3.05) is 12.5 Å². The minimum absolute atomic E-state index is 0.0381. The van der Waals surface area contributed by atoms with Crippen LogP contribution in [0, 0.1) is 13.8 Å². The lowest BCUT2D eigenvalue weighted by Crippen LogP contribution is -2.16. The third kappa shape index (κ3) is 2.14. The molecule has 7 heteroatoms. The maximum absolute atomic E-state index is 13.1. The average molecular weight is 285 g/mol. The van der Waals surface area contributed by atoms with Crippen LogP contribution >= 0.6 is 0 Å². The molecule has 0 aliphatic rings. The Bertz CT molecular complexity index is 668. The van der Waals surface area contributed by atoms with E-state index in [4.69, 9.17) is 10.6 Å². The zero-order chi connectivity index (χ0) is 15.1. The van der Waals surface area contributed by atoms with Crippen molar-refractivity contribution in [2.24, 2.45) is 5.84 Å². The molecule has 0 unspecified atom stereocenters. The first-order valence-corrected chi connectivity index (χ1v) is 5.83. The Balaban J connectivity index is 2.99. The number of aryl methyl sites for hydroxylation is 1. The Morgan fingerprint density at radius 2 is 1.90 bits per heavy atom. The predicted octanol–water partition coefficient (Wildman–Crippen LogP) is 3.16. The molecule has 3 N–H and O–H groups in total. The quantitative estimate of drug-likeness (QED) is 0.657. The number of anilines is 1. The number of hydrogen-bond acceptors (Lipinski definition) is 4. The fraction of sp³-hybridized carbons (Fsp3) is 0.308. The molecule has 4 nitrogen and oxygen atoms in total. The lowest BCUT2D eigenvalue weighted by molar-refractivity contribution is -0.141. The summed E-state index contributed by atoms with van der Waals surface area (Å²) in [7, 11) is 1.38. The lowest BCUT2D eigenvalue weighted by atomic mass is 10.0. The molecule has 0 saturated carbocycles. The van der Waals surface area contributed by atoms with Gasteiger partial charge in [-0.3, -0.25) is 5.84 Å². The number of fused-ring (bicyclic) bond motifs is 1. The van der Waals surface area contributed by atoms with E-state index in [0.29, 0.717) is 5.39 Å². The van der Waals surface area contributed by atoms with Crippen LogP contribution in [0.25, 0.3) is 10.9 Å². The standard InChI is InChI=1S/C13H14F3N3O/c1-6-4-5-8(20-3)11-9(6)10(19-17)7(2)12(18-11)13(14,15)16/h4-5H,17H2,1-3H3,(H,18,19). The molecule has 0 bridgehead atoms. The second-order valence-electron chi connectivity index (χ2n) is 4.41. The van der Waals surface area contributed by atoms with Gasteiger partial charge in [-0.1, -0.05) is 6.07 Å². The van der Waals surface area contributed by atoms with E-state index in [1.807, 2.05) is 0 Å². The predicted molar refractivity (Wildman–Crippen MR) is 70.6 cm³/mol. The average Bonchev–Trinajstić information content (AvgIpc) is 2.37. The summed E-state index contributed by atoms with van der Waals surface area (Å²) >= 11 is 0. The number of nitrogen functional groups attached to an aromatic ring is 1. The van der Waals surface area contributed by atoms with Gasteiger partial charge in [0.2, 0.25) is 0 Å². The van der Waals surface area contributed by atoms with Gasteiger partial charge >= 0.3 is 6.18 Å². The highest BCUT2D eigenvalue weighted by Crippen LogP contribution is 2.40. The number of pyridine rings is 1. The number of ether oxygens (including phenoxy) is 1. The molecule has 0 radical (unpaired) electrons. The van der Waals surface area contributed by atoms with Crippen LogP contribution in [0.3, 0.4) is 0 Å². The van der Waals surface area contributed by atoms with Gasteiger partial charge in [0.25, 0.3) is 0 Å². The van der Waals surface area contributed by atoms with Gasteiger partial charge in [-0.2, -0.15) is 13.2 Å². The first-order chi connectivity index (χ1) is 9.31. The number of nitrogens with zero attached hydrogens (tertiary/aromatic N) is 1. The highest BCUT2D eigenvalue weighted by atomic mass is 19.4. The maximum atomic E-state index is 13.1. The number of halogens is 3. The van der Waals surface area contributed by atoms with Gasteiger partial charge in [0.15, 0.2) is 0 Å². The molecule has 0 aliphatic carbocycles. The van der Waals surface area contributed by atoms with Crippen molar-refractivity contribution in [2.45, 2.75) is 20.0 Å². The summed E-state index contributed by atoms with van der Waals surface area (Å²) in [6.07, 6.45) is -4.56. The molecule has 2 rings (SSSR count). The van der Waals surface area contributed by atoms with Crippen molar-refractivity contribution in [1.82, 2.24) is 4.98 Å². The molecule has 1 aromatic carbocycles. The number of nitrogens with one attached hydrogen (secondary N) is 1. The Labute approximate surface area is 113 Å². The van der Waals surface area contributed by atoms with Crippen molar-refractivity contribution in [1.29, 1.82) is 0 Å².